The molecule has 0 aliphatic carbocycles. The standard InChI is InChI=1S/C25H24N4OS2/c30-24(28-14-4-5-15-28)21-12-10-20(11-13-21)18-32-25-27-26-23(22-9-6-16-31-22)29(25)17-19-7-2-1-3-8-19/h1-3,6-13,16H,4-5,14-15,17-18H2. The Hall–Kier alpha value is -2.90. The fourth-order valence-electron chi connectivity index (χ4n) is 3.89. The van der Waals surface area contributed by atoms with Gasteiger partial charge >= 0.3 is 0 Å². The van der Waals surface area contributed by atoms with Crippen LogP contribution in [0.3, 0.4) is 0 Å². The van der Waals surface area contributed by atoms with E-state index in [0.717, 1.165) is 59.7 Å². The van der Waals surface area contributed by atoms with E-state index in [1.165, 1.54) is 11.1 Å². The van der Waals surface area contributed by atoms with Crippen molar-refractivity contribution in [1.29, 1.82) is 0 Å². The minimum atomic E-state index is 0.143. The Morgan fingerprint density at radius 2 is 1.69 bits per heavy atom. The molecule has 1 saturated heterocycles. The molecule has 2 aromatic carbocycles. The van der Waals surface area contributed by atoms with Crippen LogP contribution < -0.4 is 0 Å². The summed E-state index contributed by atoms with van der Waals surface area (Å²) in [4.78, 5) is 15.6. The van der Waals surface area contributed by atoms with Crippen molar-refractivity contribution in [2.24, 2.45) is 0 Å². The van der Waals surface area contributed by atoms with Gasteiger partial charge in [0.05, 0.1) is 11.4 Å². The van der Waals surface area contributed by atoms with E-state index in [0.29, 0.717) is 0 Å². The molecule has 162 valence electrons. The molecule has 1 amide bonds. The van der Waals surface area contributed by atoms with Crippen LogP contribution in [-0.2, 0) is 12.3 Å². The number of amides is 1. The van der Waals surface area contributed by atoms with Gasteiger partial charge in [-0.2, -0.15) is 0 Å². The SMILES string of the molecule is O=C(c1ccc(CSc2nnc(-c3cccs3)n2Cc2ccccc2)cc1)N1CCCC1. The first-order valence-electron chi connectivity index (χ1n) is 10.8. The first-order valence-corrected chi connectivity index (χ1v) is 12.7. The number of aromatic nitrogens is 3. The zero-order valence-corrected chi connectivity index (χ0v) is 19.3. The third-order valence-corrected chi connectivity index (χ3v) is 7.51. The van der Waals surface area contributed by atoms with Crippen molar-refractivity contribution in [3.63, 3.8) is 0 Å². The van der Waals surface area contributed by atoms with Crippen LogP contribution in [0, 0.1) is 0 Å². The largest absolute Gasteiger partial charge is 0.339 e. The smallest absolute Gasteiger partial charge is 0.253 e. The van der Waals surface area contributed by atoms with Gasteiger partial charge in [0.25, 0.3) is 5.91 Å². The highest BCUT2D eigenvalue weighted by Gasteiger charge is 2.19. The Morgan fingerprint density at radius 3 is 2.41 bits per heavy atom. The monoisotopic (exact) mass is 460 g/mol. The van der Waals surface area contributed by atoms with E-state index in [4.69, 9.17) is 0 Å². The minimum Gasteiger partial charge on any atom is -0.339 e. The molecule has 5 nitrogen and oxygen atoms in total. The van der Waals surface area contributed by atoms with Crippen molar-refractivity contribution in [3.05, 3.63) is 88.8 Å². The number of likely N-dealkylation sites (tertiary alicyclic amines) is 1. The molecule has 2 aromatic heterocycles. The molecule has 0 bridgehead atoms. The van der Waals surface area contributed by atoms with Gasteiger partial charge in [-0.25, -0.2) is 0 Å². The van der Waals surface area contributed by atoms with E-state index in [-0.39, 0.29) is 5.91 Å². The second-order valence-corrected chi connectivity index (χ2v) is 9.73. The number of thiophene rings is 1. The Kier molecular flexibility index (Phi) is 6.36. The molecule has 5 rings (SSSR count). The summed E-state index contributed by atoms with van der Waals surface area (Å²) in [6.45, 7) is 2.48. The van der Waals surface area contributed by atoms with Crippen molar-refractivity contribution in [2.45, 2.75) is 30.3 Å². The predicted octanol–water partition coefficient (Wildman–Crippen LogP) is 5.58. The number of rotatable bonds is 7. The lowest BCUT2D eigenvalue weighted by atomic mass is 10.1. The van der Waals surface area contributed by atoms with E-state index < -0.39 is 0 Å². The normalized spacial score (nSPS) is 13.6. The summed E-state index contributed by atoms with van der Waals surface area (Å²) < 4.78 is 2.19. The molecule has 0 spiro atoms. The van der Waals surface area contributed by atoms with Crippen molar-refractivity contribution in [3.8, 4) is 10.7 Å². The van der Waals surface area contributed by atoms with Gasteiger partial charge in [-0.15, -0.1) is 21.5 Å². The van der Waals surface area contributed by atoms with Crippen LogP contribution in [0.15, 0.2) is 77.3 Å². The van der Waals surface area contributed by atoms with Gasteiger partial charge in [0.15, 0.2) is 11.0 Å². The topological polar surface area (TPSA) is 51.0 Å². The molecular formula is C25H24N4OS2. The fraction of sp³-hybridized carbons (Fsp3) is 0.240. The Morgan fingerprint density at radius 1 is 0.906 bits per heavy atom. The summed E-state index contributed by atoms with van der Waals surface area (Å²) in [6, 6.07) is 22.5. The second kappa shape index (κ2) is 9.71. The van der Waals surface area contributed by atoms with Crippen molar-refractivity contribution >= 4 is 29.0 Å². The lowest BCUT2D eigenvalue weighted by Gasteiger charge is -2.15. The summed E-state index contributed by atoms with van der Waals surface area (Å²) in [5, 5.41) is 12.0. The van der Waals surface area contributed by atoms with Crippen LogP contribution in [-0.4, -0.2) is 38.7 Å². The molecule has 1 aliphatic rings. The van der Waals surface area contributed by atoms with Crippen LogP contribution in [0.25, 0.3) is 10.7 Å². The zero-order valence-electron chi connectivity index (χ0n) is 17.7. The first-order chi connectivity index (χ1) is 15.8. The lowest BCUT2D eigenvalue weighted by Crippen LogP contribution is -2.27. The highest BCUT2D eigenvalue weighted by molar-refractivity contribution is 7.98. The van der Waals surface area contributed by atoms with Gasteiger partial charge in [0.2, 0.25) is 0 Å². The summed E-state index contributed by atoms with van der Waals surface area (Å²) in [6.07, 6.45) is 2.22. The van der Waals surface area contributed by atoms with Crippen LogP contribution in [0.2, 0.25) is 0 Å². The van der Waals surface area contributed by atoms with Gasteiger partial charge in [0, 0.05) is 24.4 Å². The molecule has 0 saturated carbocycles. The fourth-order valence-corrected chi connectivity index (χ4v) is 5.50. The zero-order chi connectivity index (χ0) is 21.8. The molecule has 1 fully saturated rings. The number of nitrogens with zero attached hydrogens (tertiary/aromatic N) is 4. The highest BCUT2D eigenvalue weighted by Crippen LogP contribution is 2.29. The molecule has 1 aliphatic heterocycles. The maximum Gasteiger partial charge on any atom is 0.253 e. The minimum absolute atomic E-state index is 0.143. The van der Waals surface area contributed by atoms with Crippen molar-refractivity contribution in [2.75, 3.05) is 13.1 Å². The summed E-state index contributed by atoms with van der Waals surface area (Å²) in [5.41, 5.74) is 3.16. The third kappa shape index (κ3) is 4.64. The van der Waals surface area contributed by atoms with Gasteiger partial charge in [-0.05, 0) is 47.5 Å². The first kappa shape index (κ1) is 21.0. The molecule has 0 radical (unpaired) electrons. The molecule has 32 heavy (non-hydrogen) atoms. The Labute approximate surface area is 196 Å². The number of carbonyl (C=O) groups is 1. The van der Waals surface area contributed by atoms with Crippen LogP contribution >= 0.6 is 23.1 Å². The van der Waals surface area contributed by atoms with Gasteiger partial charge in [-0.3, -0.25) is 9.36 Å². The molecule has 0 atom stereocenters. The maximum atomic E-state index is 12.6. The quantitative estimate of drug-likeness (QED) is 0.338. The summed E-state index contributed by atoms with van der Waals surface area (Å²) in [7, 11) is 0. The molecule has 3 heterocycles. The van der Waals surface area contributed by atoms with Gasteiger partial charge < -0.3 is 4.90 Å². The van der Waals surface area contributed by atoms with E-state index in [2.05, 4.69) is 50.5 Å². The number of benzene rings is 2. The van der Waals surface area contributed by atoms with E-state index >= 15 is 0 Å². The molecule has 0 N–H and O–H groups in total. The van der Waals surface area contributed by atoms with Crippen molar-refractivity contribution < 1.29 is 4.79 Å². The van der Waals surface area contributed by atoms with Crippen molar-refractivity contribution in [1.82, 2.24) is 19.7 Å². The lowest BCUT2D eigenvalue weighted by molar-refractivity contribution is 0.0793. The summed E-state index contributed by atoms with van der Waals surface area (Å²) in [5.74, 6) is 1.82. The van der Waals surface area contributed by atoms with E-state index in [1.54, 1.807) is 23.1 Å². The Balaban J connectivity index is 1.32. The van der Waals surface area contributed by atoms with Gasteiger partial charge in [0.1, 0.15) is 0 Å². The summed E-state index contributed by atoms with van der Waals surface area (Å²) >= 11 is 3.35. The average molecular weight is 461 g/mol. The highest BCUT2D eigenvalue weighted by atomic mass is 32.2. The predicted molar refractivity (Wildman–Crippen MR) is 130 cm³/mol. The Bertz CT molecular complexity index is 1160. The second-order valence-electron chi connectivity index (χ2n) is 7.84. The average Bonchev–Trinajstić information content (AvgIpc) is 3.61. The molecule has 4 aromatic rings. The van der Waals surface area contributed by atoms with Crippen LogP contribution in [0.4, 0.5) is 0 Å². The number of thioether (sulfide) groups is 1. The molecule has 0 unspecified atom stereocenters. The molecular weight excluding hydrogens is 436 g/mol. The third-order valence-electron chi connectivity index (χ3n) is 5.60. The number of carbonyl (C=O) groups excluding carboxylic acids is 1. The van der Waals surface area contributed by atoms with E-state index in [9.17, 15) is 4.79 Å². The number of hydrogen-bond acceptors (Lipinski definition) is 5. The van der Waals surface area contributed by atoms with Gasteiger partial charge in [-0.1, -0.05) is 60.3 Å². The van der Waals surface area contributed by atoms with E-state index in [1.807, 2.05) is 41.3 Å². The number of hydrogen-bond donors (Lipinski definition) is 0. The van der Waals surface area contributed by atoms with Crippen LogP contribution in [0.5, 0.6) is 0 Å². The maximum absolute atomic E-state index is 12.6. The molecule has 7 heteroatoms. The van der Waals surface area contributed by atoms with Crippen LogP contribution in [0.1, 0.15) is 34.3 Å².